The normalized spacial score (nSPS) is 11.0. The Hall–Kier alpha value is -3.44. The average Bonchev–Trinajstić information content (AvgIpc) is 3.40. The highest BCUT2D eigenvalue weighted by Gasteiger charge is 2.19. The first-order chi connectivity index (χ1) is 15.8. The van der Waals surface area contributed by atoms with Crippen LogP contribution in [-0.4, -0.2) is 35.4 Å². The van der Waals surface area contributed by atoms with Crippen LogP contribution < -0.4 is 5.32 Å². The second-order valence-corrected chi connectivity index (χ2v) is 8.83. The molecule has 0 unspecified atom stereocenters. The van der Waals surface area contributed by atoms with Crippen LogP contribution in [0, 0.1) is 31.4 Å². The molecule has 0 aliphatic heterocycles. The molecule has 1 amide bonds. The number of amides is 1. The zero-order valence-corrected chi connectivity index (χ0v) is 20.0. The first-order valence-electron chi connectivity index (χ1n) is 10.1. The Morgan fingerprint density at radius 1 is 1.27 bits per heavy atom. The van der Waals surface area contributed by atoms with Gasteiger partial charge in [0.2, 0.25) is 5.91 Å². The molecule has 0 fully saturated rings. The van der Waals surface area contributed by atoms with Crippen molar-refractivity contribution in [3.63, 3.8) is 0 Å². The van der Waals surface area contributed by atoms with Crippen LogP contribution in [0.2, 0.25) is 0 Å². The molecule has 11 heteroatoms. The summed E-state index contributed by atoms with van der Waals surface area (Å²) in [5.41, 5.74) is 3.85. The molecule has 4 rings (SSSR count). The van der Waals surface area contributed by atoms with Gasteiger partial charge in [-0.25, -0.2) is 14.1 Å². The fourth-order valence-electron chi connectivity index (χ4n) is 3.54. The maximum atomic E-state index is 13.3. The maximum absolute atomic E-state index is 13.3. The maximum Gasteiger partial charge on any atom is 0.230 e. The van der Waals surface area contributed by atoms with Crippen molar-refractivity contribution >= 4 is 34.6 Å². The van der Waals surface area contributed by atoms with Crippen LogP contribution in [-0.2, 0) is 17.8 Å². The van der Waals surface area contributed by atoms with Crippen molar-refractivity contribution in [3.8, 4) is 16.4 Å². The van der Waals surface area contributed by atoms with E-state index in [1.54, 1.807) is 22.9 Å². The monoisotopic (exact) mass is 483 g/mol. The van der Waals surface area contributed by atoms with Crippen molar-refractivity contribution in [2.75, 3.05) is 5.32 Å². The lowest BCUT2D eigenvalue weighted by molar-refractivity contribution is -0.115. The third-order valence-corrected chi connectivity index (χ3v) is 6.55. The van der Waals surface area contributed by atoms with Gasteiger partial charge in [-0.1, -0.05) is 17.4 Å². The van der Waals surface area contributed by atoms with Gasteiger partial charge in [0.15, 0.2) is 15.7 Å². The molecule has 0 aliphatic carbocycles. The minimum Gasteiger partial charge on any atom is -0.302 e. The number of anilines is 1. The zero-order valence-electron chi connectivity index (χ0n) is 18.3. The predicted molar refractivity (Wildman–Crippen MR) is 129 cm³/mol. The molecule has 170 valence electrons. The fraction of sp³-hybridized carbons (Fsp3) is 0.227. The number of H-pyrrole nitrogens is 1. The Balaban J connectivity index is 1.54. The smallest absolute Gasteiger partial charge is 0.230 e. The van der Waals surface area contributed by atoms with Crippen molar-refractivity contribution < 1.29 is 9.18 Å². The predicted octanol–water partition coefficient (Wildman–Crippen LogP) is 4.68. The number of hydrogen-bond donors (Lipinski definition) is 2. The average molecular weight is 484 g/mol. The Bertz CT molecular complexity index is 1400. The number of benzene rings is 1. The van der Waals surface area contributed by atoms with Gasteiger partial charge >= 0.3 is 0 Å². The minimum absolute atomic E-state index is 0.141. The van der Waals surface area contributed by atoms with E-state index in [2.05, 4.69) is 32.2 Å². The van der Waals surface area contributed by atoms with Gasteiger partial charge in [-0.15, -0.1) is 6.58 Å². The molecule has 2 N–H and O–H groups in total. The number of aromatic nitrogens is 6. The summed E-state index contributed by atoms with van der Waals surface area (Å²) in [5, 5.41) is 15.0. The molecule has 0 bridgehead atoms. The first-order valence-corrected chi connectivity index (χ1v) is 11.4. The third-order valence-electron chi connectivity index (χ3n) is 5.17. The Morgan fingerprint density at radius 2 is 2.00 bits per heavy atom. The molecular formula is C22H22FN7OS2. The number of aromatic amines is 1. The molecule has 1 aromatic carbocycles. The SMILES string of the molecule is C=CCn1c(-c2sc(NC(=O)Cc3c(C)nn(-c4ccc(F)cc4)c3C)nc2C)n[nH]c1=S. The largest absolute Gasteiger partial charge is 0.302 e. The molecule has 0 saturated carbocycles. The fourth-order valence-corrected chi connectivity index (χ4v) is 4.72. The number of aryl methyl sites for hydroxylation is 2. The van der Waals surface area contributed by atoms with E-state index in [1.807, 2.05) is 25.3 Å². The number of carbonyl (C=O) groups is 1. The second-order valence-electron chi connectivity index (χ2n) is 7.45. The van der Waals surface area contributed by atoms with Gasteiger partial charge in [-0.2, -0.15) is 10.2 Å². The van der Waals surface area contributed by atoms with Crippen LogP contribution in [0.3, 0.4) is 0 Å². The Kier molecular flexibility index (Phi) is 6.34. The lowest BCUT2D eigenvalue weighted by Gasteiger charge is -2.06. The number of allylic oxidation sites excluding steroid dienone is 1. The van der Waals surface area contributed by atoms with Gasteiger partial charge in [-0.3, -0.25) is 14.5 Å². The number of halogens is 1. The lowest BCUT2D eigenvalue weighted by atomic mass is 10.1. The van der Waals surface area contributed by atoms with Crippen LogP contribution in [0.1, 0.15) is 22.6 Å². The quantitative estimate of drug-likeness (QED) is 0.294. The molecule has 8 nitrogen and oxygen atoms in total. The van der Waals surface area contributed by atoms with E-state index in [0.29, 0.717) is 22.3 Å². The topological polar surface area (TPSA) is 93.4 Å². The van der Waals surface area contributed by atoms with E-state index in [0.717, 1.165) is 33.2 Å². The van der Waals surface area contributed by atoms with Crippen LogP contribution >= 0.6 is 23.6 Å². The van der Waals surface area contributed by atoms with Gasteiger partial charge < -0.3 is 5.32 Å². The minimum atomic E-state index is -0.313. The summed E-state index contributed by atoms with van der Waals surface area (Å²) in [6, 6.07) is 6.07. The van der Waals surface area contributed by atoms with E-state index in [4.69, 9.17) is 12.2 Å². The summed E-state index contributed by atoms with van der Waals surface area (Å²) in [6.07, 6.45) is 1.88. The number of carbonyl (C=O) groups excluding carboxylic acids is 1. The van der Waals surface area contributed by atoms with E-state index in [9.17, 15) is 9.18 Å². The standard InChI is InChI=1S/C22H22FN7OS2/c1-5-10-29-20(26-27-22(29)32)19-13(3)24-21(33-19)25-18(31)11-17-12(2)28-30(14(17)4)16-8-6-15(23)7-9-16/h5-9H,1,10-11H2,2-4H3,(H,27,32)(H,24,25,31). The van der Waals surface area contributed by atoms with Crippen molar-refractivity contribution in [3.05, 3.63) is 70.2 Å². The van der Waals surface area contributed by atoms with E-state index in [1.165, 1.54) is 23.5 Å². The van der Waals surface area contributed by atoms with Crippen molar-refractivity contribution in [2.24, 2.45) is 0 Å². The number of thiazole rings is 1. The third kappa shape index (κ3) is 4.55. The molecule has 0 atom stereocenters. The molecule has 0 radical (unpaired) electrons. The molecule has 0 saturated heterocycles. The molecule has 33 heavy (non-hydrogen) atoms. The van der Waals surface area contributed by atoms with Crippen LogP contribution in [0.15, 0.2) is 36.9 Å². The van der Waals surface area contributed by atoms with Crippen LogP contribution in [0.25, 0.3) is 16.4 Å². The van der Waals surface area contributed by atoms with Crippen molar-refractivity contribution in [2.45, 2.75) is 33.7 Å². The highest BCUT2D eigenvalue weighted by atomic mass is 32.1. The molecule has 3 aromatic heterocycles. The zero-order chi connectivity index (χ0) is 23.7. The van der Waals surface area contributed by atoms with Crippen LogP contribution in [0.5, 0.6) is 0 Å². The first kappa shape index (κ1) is 22.7. The van der Waals surface area contributed by atoms with Gasteiger partial charge in [-0.05, 0) is 57.3 Å². The molecule has 0 aliphatic rings. The summed E-state index contributed by atoms with van der Waals surface area (Å²) < 4.78 is 17.3. The summed E-state index contributed by atoms with van der Waals surface area (Å²) >= 11 is 6.62. The van der Waals surface area contributed by atoms with Gasteiger partial charge in [0.25, 0.3) is 0 Å². The molecular weight excluding hydrogens is 461 g/mol. The van der Waals surface area contributed by atoms with E-state index in [-0.39, 0.29) is 18.1 Å². The summed E-state index contributed by atoms with van der Waals surface area (Å²) in [5.74, 6) is 0.138. The van der Waals surface area contributed by atoms with Crippen molar-refractivity contribution in [1.29, 1.82) is 0 Å². The Morgan fingerprint density at radius 3 is 2.70 bits per heavy atom. The van der Waals surface area contributed by atoms with Crippen molar-refractivity contribution in [1.82, 2.24) is 29.5 Å². The highest BCUT2D eigenvalue weighted by molar-refractivity contribution is 7.71. The molecule has 0 spiro atoms. The number of rotatable bonds is 7. The van der Waals surface area contributed by atoms with Gasteiger partial charge in [0.1, 0.15) is 5.82 Å². The van der Waals surface area contributed by atoms with Gasteiger partial charge in [0.05, 0.1) is 28.4 Å². The molecule has 3 heterocycles. The number of nitrogens with zero attached hydrogens (tertiary/aromatic N) is 5. The number of nitrogens with one attached hydrogen (secondary N) is 2. The van der Waals surface area contributed by atoms with E-state index < -0.39 is 0 Å². The Labute approximate surface area is 198 Å². The highest BCUT2D eigenvalue weighted by Crippen LogP contribution is 2.32. The summed E-state index contributed by atoms with van der Waals surface area (Å²) in [6.45, 7) is 9.87. The second kappa shape index (κ2) is 9.20. The van der Waals surface area contributed by atoms with E-state index >= 15 is 0 Å². The van der Waals surface area contributed by atoms with Gasteiger partial charge in [0, 0.05) is 17.8 Å². The number of hydrogen-bond acceptors (Lipinski definition) is 6. The summed E-state index contributed by atoms with van der Waals surface area (Å²) in [7, 11) is 0. The molecule has 4 aromatic rings. The summed E-state index contributed by atoms with van der Waals surface area (Å²) in [4.78, 5) is 18.1. The van der Waals surface area contributed by atoms with Crippen LogP contribution in [0.4, 0.5) is 9.52 Å². The lowest BCUT2D eigenvalue weighted by Crippen LogP contribution is -2.15.